The smallest absolute Gasteiger partial charge is 0.371 e. The van der Waals surface area contributed by atoms with E-state index in [1.807, 2.05) is 13.0 Å². The molecule has 2 heterocycles. The Labute approximate surface area is 201 Å². The molecule has 0 saturated carbocycles. The number of fused-ring (bicyclic) bond motifs is 1. The molecule has 3 N–H and O–H groups in total. The maximum absolute atomic E-state index is 11.1. The Morgan fingerprint density at radius 3 is 2.63 bits per heavy atom. The van der Waals surface area contributed by atoms with Gasteiger partial charge in [-0.05, 0) is 78.3 Å². The molecule has 0 bridgehead atoms. The van der Waals surface area contributed by atoms with Crippen molar-refractivity contribution in [3.63, 3.8) is 0 Å². The third-order valence-electron chi connectivity index (χ3n) is 6.61. The first kappa shape index (κ1) is 22.5. The van der Waals surface area contributed by atoms with Gasteiger partial charge in [-0.3, -0.25) is 4.57 Å². The van der Waals surface area contributed by atoms with Crippen LogP contribution in [0.4, 0.5) is 11.4 Å². The predicted octanol–water partition coefficient (Wildman–Crippen LogP) is 6.79. The Morgan fingerprint density at radius 2 is 1.89 bits per heavy atom. The number of carbonyl (C=O) groups is 1. The number of aromatic nitrogens is 1. The molecule has 178 valence electrons. The number of nitrogens with zero attached hydrogens (tertiary/aromatic N) is 3. The largest absolute Gasteiger partial charge is 0.505 e. The summed E-state index contributed by atoms with van der Waals surface area (Å²) in [5.74, 6) is -1.49. The molecule has 8 nitrogen and oxygen atoms in total. The minimum absolute atomic E-state index is 0.0465. The fraction of sp³-hybridized carbons (Fsp3) is 0.222. The summed E-state index contributed by atoms with van der Waals surface area (Å²) in [5.41, 5.74) is 5.01. The number of benzene rings is 2. The van der Waals surface area contributed by atoms with Crippen LogP contribution in [0.1, 0.15) is 47.5 Å². The molecule has 8 heteroatoms. The summed E-state index contributed by atoms with van der Waals surface area (Å²) in [6.07, 6.45) is 3.96. The van der Waals surface area contributed by atoms with Crippen LogP contribution in [0.15, 0.2) is 69.4 Å². The number of aryl methyl sites for hydroxylation is 2. The monoisotopic (exact) mass is 471 g/mol. The molecule has 0 saturated heterocycles. The number of carboxylic acids is 1. The summed E-state index contributed by atoms with van der Waals surface area (Å²) in [7, 11) is 0. The van der Waals surface area contributed by atoms with Gasteiger partial charge in [0.25, 0.3) is 0 Å². The number of carboxylic acid groups (broad SMARTS) is 1. The molecule has 0 aliphatic heterocycles. The summed E-state index contributed by atoms with van der Waals surface area (Å²) in [5, 5.41) is 39.1. The number of aromatic carboxylic acids is 1. The summed E-state index contributed by atoms with van der Waals surface area (Å²) in [6.45, 7) is 6.29. The molecule has 0 radical (unpaired) electrons. The first-order chi connectivity index (χ1) is 16.7. The lowest BCUT2D eigenvalue weighted by atomic mass is 9.86. The van der Waals surface area contributed by atoms with Crippen molar-refractivity contribution in [3.05, 3.63) is 77.2 Å². The van der Waals surface area contributed by atoms with Crippen molar-refractivity contribution in [3.8, 4) is 28.6 Å². The van der Waals surface area contributed by atoms with Crippen LogP contribution in [-0.2, 0) is 11.8 Å². The van der Waals surface area contributed by atoms with E-state index in [9.17, 15) is 15.0 Å². The molecule has 0 spiro atoms. The summed E-state index contributed by atoms with van der Waals surface area (Å²) >= 11 is 0. The molecule has 0 unspecified atom stereocenters. The number of hydrogen-bond donors (Lipinski definition) is 3. The van der Waals surface area contributed by atoms with E-state index in [1.54, 1.807) is 29.0 Å². The van der Waals surface area contributed by atoms with E-state index in [1.165, 1.54) is 23.3 Å². The molecular weight excluding hydrogens is 446 g/mol. The van der Waals surface area contributed by atoms with Crippen LogP contribution in [-0.4, -0.2) is 25.9 Å². The van der Waals surface area contributed by atoms with Crippen LogP contribution in [0, 0.1) is 6.92 Å². The lowest BCUT2D eigenvalue weighted by Crippen LogP contribution is -2.12. The third-order valence-corrected chi connectivity index (χ3v) is 6.61. The van der Waals surface area contributed by atoms with Gasteiger partial charge in [0.15, 0.2) is 11.4 Å². The highest BCUT2D eigenvalue weighted by Crippen LogP contribution is 2.43. The van der Waals surface area contributed by atoms with E-state index in [2.05, 4.69) is 36.2 Å². The first-order valence-corrected chi connectivity index (χ1v) is 11.3. The van der Waals surface area contributed by atoms with Crippen molar-refractivity contribution in [1.29, 1.82) is 0 Å². The third kappa shape index (κ3) is 3.86. The van der Waals surface area contributed by atoms with E-state index >= 15 is 0 Å². The van der Waals surface area contributed by atoms with E-state index in [0.29, 0.717) is 5.69 Å². The Balaban J connectivity index is 1.48. The minimum atomic E-state index is -1.20. The van der Waals surface area contributed by atoms with Gasteiger partial charge in [0.05, 0.1) is 5.56 Å². The van der Waals surface area contributed by atoms with Gasteiger partial charge in [0, 0.05) is 11.9 Å². The lowest BCUT2D eigenvalue weighted by molar-refractivity contribution is 0.0663. The van der Waals surface area contributed by atoms with Crippen molar-refractivity contribution in [2.75, 3.05) is 0 Å². The standard InChI is InChI=1S/C27H25N3O5/c1-15-14-30(17-8-7-16-11-12-27(2,3)19(16)13-17)25(32)23(15)29-28-20-6-4-5-18(24(20)31)21-9-10-22(35-21)26(33)34/h4-10,13-14,31-32H,11-12H2,1-3H3,(H,33,34). The number of rotatable bonds is 5. The first-order valence-electron chi connectivity index (χ1n) is 11.3. The molecule has 35 heavy (non-hydrogen) atoms. The molecular formula is C27H25N3O5. The van der Waals surface area contributed by atoms with Gasteiger partial charge < -0.3 is 19.7 Å². The predicted molar refractivity (Wildman–Crippen MR) is 130 cm³/mol. The van der Waals surface area contributed by atoms with Crippen LogP contribution in [0.2, 0.25) is 0 Å². The number of azo groups is 1. The Morgan fingerprint density at radius 1 is 1.09 bits per heavy atom. The zero-order valence-electron chi connectivity index (χ0n) is 19.6. The summed E-state index contributed by atoms with van der Waals surface area (Å²) < 4.78 is 6.98. The van der Waals surface area contributed by atoms with E-state index in [4.69, 9.17) is 9.52 Å². The van der Waals surface area contributed by atoms with Gasteiger partial charge in [0.2, 0.25) is 11.6 Å². The fourth-order valence-electron chi connectivity index (χ4n) is 4.58. The number of phenolic OH excluding ortho intramolecular Hbond substituents is 1. The quantitative estimate of drug-likeness (QED) is 0.277. The van der Waals surface area contributed by atoms with E-state index in [0.717, 1.165) is 24.1 Å². The fourth-order valence-corrected chi connectivity index (χ4v) is 4.58. The highest BCUT2D eigenvalue weighted by atomic mass is 16.4. The topological polar surface area (TPSA) is 121 Å². The van der Waals surface area contributed by atoms with Crippen molar-refractivity contribution < 1.29 is 24.5 Å². The lowest BCUT2D eigenvalue weighted by Gasteiger charge is -2.19. The highest BCUT2D eigenvalue weighted by Gasteiger charge is 2.30. The Kier molecular flexibility index (Phi) is 5.24. The van der Waals surface area contributed by atoms with E-state index < -0.39 is 5.97 Å². The molecule has 5 rings (SSSR count). The second-order valence-electron chi connectivity index (χ2n) is 9.42. The molecule has 0 atom stereocenters. The highest BCUT2D eigenvalue weighted by molar-refractivity contribution is 5.85. The zero-order valence-corrected chi connectivity index (χ0v) is 19.6. The second-order valence-corrected chi connectivity index (χ2v) is 9.42. The molecule has 2 aromatic heterocycles. The second kappa shape index (κ2) is 8.16. The SMILES string of the molecule is Cc1cn(-c2ccc3c(c2)C(C)(C)CC3)c(O)c1N=Nc1cccc(-c2ccc(C(=O)O)o2)c1O. The van der Waals surface area contributed by atoms with Gasteiger partial charge in [0.1, 0.15) is 11.4 Å². The molecule has 1 aliphatic carbocycles. The zero-order chi connectivity index (χ0) is 24.9. The number of hydrogen-bond acceptors (Lipinski definition) is 6. The molecule has 0 amide bonds. The normalized spacial score (nSPS) is 14.5. The Hall–Kier alpha value is -4.33. The van der Waals surface area contributed by atoms with Crippen LogP contribution in [0.25, 0.3) is 17.0 Å². The van der Waals surface area contributed by atoms with Gasteiger partial charge in [-0.25, -0.2) is 4.79 Å². The summed E-state index contributed by atoms with van der Waals surface area (Å²) in [6, 6.07) is 13.8. The minimum Gasteiger partial charge on any atom is -0.505 e. The average Bonchev–Trinajstić information content (AvgIpc) is 3.50. The molecule has 1 aliphatic rings. The van der Waals surface area contributed by atoms with Crippen molar-refractivity contribution in [1.82, 2.24) is 4.57 Å². The maximum Gasteiger partial charge on any atom is 0.371 e. The van der Waals surface area contributed by atoms with Crippen LogP contribution >= 0.6 is 0 Å². The molecule has 2 aromatic carbocycles. The van der Waals surface area contributed by atoms with Gasteiger partial charge >= 0.3 is 5.97 Å². The van der Waals surface area contributed by atoms with Crippen molar-refractivity contribution in [2.24, 2.45) is 10.2 Å². The van der Waals surface area contributed by atoms with Crippen LogP contribution in [0.5, 0.6) is 11.6 Å². The van der Waals surface area contributed by atoms with Crippen LogP contribution in [0.3, 0.4) is 0 Å². The number of furan rings is 1. The molecule has 4 aromatic rings. The summed E-state index contributed by atoms with van der Waals surface area (Å²) in [4.78, 5) is 11.1. The number of aromatic hydroxyl groups is 2. The van der Waals surface area contributed by atoms with Crippen molar-refractivity contribution >= 4 is 17.3 Å². The average molecular weight is 472 g/mol. The maximum atomic E-state index is 11.1. The number of para-hydroxylation sites is 1. The van der Waals surface area contributed by atoms with Gasteiger partial charge in [-0.1, -0.05) is 26.0 Å². The molecule has 0 fully saturated rings. The van der Waals surface area contributed by atoms with E-state index in [-0.39, 0.29) is 39.8 Å². The van der Waals surface area contributed by atoms with Crippen molar-refractivity contribution in [2.45, 2.75) is 39.0 Å². The van der Waals surface area contributed by atoms with Crippen LogP contribution < -0.4 is 0 Å². The van der Waals surface area contributed by atoms with Gasteiger partial charge in [-0.15, -0.1) is 10.2 Å². The van der Waals surface area contributed by atoms with Gasteiger partial charge in [-0.2, -0.15) is 0 Å². The Bertz CT molecular complexity index is 1490. The number of phenols is 1.